The van der Waals surface area contributed by atoms with Crippen LogP contribution < -0.4 is 0 Å². The fourth-order valence-electron chi connectivity index (χ4n) is 1.76. The van der Waals surface area contributed by atoms with Gasteiger partial charge in [-0.05, 0) is 13.1 Å². The van der Waals surface area contributed by atoms with E-state index in [1.54, 1.807) is 0 Å². The number of imidazole rings is 1. The zero-order valence-corrected chi connectivity index (χ0v) is 10.6. The molecule has 1 radical (unpaired) electrons. The molecule has 0 unspecified atom stereocenters. The first-order valence-electron chi connectivity index (χ1n) is 4.59. The third-order valence-electron chi connectivity index (χ3n) is 2.38. The van der Waals surface area contributed by atoms with Crippen LogP contribution in [0.2, 0.25) is 0 Å². The Kier molecular flexibility index (Phi) is 2.59. The first-order chi connectivity index (χ1) is 6.84. The molecule has 0 fully saturated rings. The Bertz CT molecular complexity index is 613. The summed E-state index contributed by atoms with van der Waals surface area (Å²) in [7, 11) is 0. The molecular weight excluding hydrogens is 364 g/mol. The van der Waals surface area contributed by atoms with Crippen LogP contribution in [0.4, 0.5) is 0 Å². The maximum Gasteiger partial charge on any atom is 0.0606 e. The molecule has 1 aromatic carbocycles. The number of hydrogen-bond donors (Lipinski definition) is 0. The number of benzene rings is 1. The number of nitrogens with zero attached hydrogens (tertiary/aromatic N) is 2. The van der Waals surface area contributed by atoms with Crippen LogP contribution in [0.3, 0.4) is 0 Å². The molecule has 2 nitrogen and oxygen atoms in total. The average molecular weight is 373 g/mol. The fourth-order valence-corrected chi connectivity index (χ4v) is 1.76. The average Bonchev–Trinajstić information content (AvgIpc) is 2.59. The van der Waals surface area contributed by atoms with Crippen molar-refractivity contribution in [2.24, 2.45) is 0 Å². The molecular formula is C12H9IrN2-. The predicted octanol–water partition coefficient (Wildman–Crippen LogP) is 2.59. The van der Waals surface area contributed by atoms with E-state index in [0.29, 0.717) is 0 Å². The third kappa shape index (κ3) is 1.58. The summed E-state index contributed by atoms with van der Waals surface area (Å²) in [4.78, 5) is 4.47. The van der Waals surface area contributed by atoms with Gasteiger partial charge in [0.15, 0.2) is 0 Å². The van der Waals surface area contributed by atoms with Crippen molar-refractivity contribution in [3.63, 3.8) is 0 Å². The maximum atomic E-state index is 4.47. The quantitative estimate of drug-likeness (QED) is 0.554. The zero-order valence-electron chi connectivity index (χ0n) is 8.19. The van der Waals surface area contributed by atoms with Gasteiger partial charge in [0, 0.05) is 32.0 Å². The summed E-state index contributed by atoms with van der Waals surface area (Å²) in [5.74, 6) is 0. The molecule has 0 saturated heterocycles. The molecule has 0 saturated carbocycles. The summed E-state index contributed by atoms with van der Waals surface area (Å²) in [6.07, 6.45) is 4.06. The summed E-state index contributed by atoms with van der Waals surface area (Å²) in [5, 5.41) is 2.27. The van der Waals surface area contributed by atoms with E-state index in [-0.39, 0.29) is 20.1 Å². The van der Waals surface area contributed by atoms with E-state index in [4.69, 9.17) is 0 Å². The molecule has 2 heterocycles. The van der Waals surface area contributed by atoms with Gasteiger partial charge in [0.1, 0.15) is 0 Å². The summed E-state index contributed by atoms with van der Waals surface area (Å²) in [5.41, 5.74) is 2.02. The zero-order chi connectivity index (χ0) is 9.54. The van der Waals surface area contributed by atoms with Crippen molar-refractivity contribution in [3.05, 3.63) is 48.4 Å². The topological polar surface area (TPSA) is 17.3 Å². The molecule has 3 rings (SSSR count). The van der Waals surface area contributed by atoms with Crippen molar-refractivity contribution in [1.82, 2.24) is 9.38 Å². The molecule has 0 aliphatic rings. The van der Waals surface area contributed by atoms with Crippen molar-refractivity contribution in [2.45, 2.75) is 6.92 Å². The number of rotatable bonds is 0. The minimum absolute atomic E-state index is 0. The Balaban J connectivity index is 0.000000853. The number of fused-ring (bicyclic) bond motifs is 3. The molecule has 3 aromatic rings. The van der Waals surface area contributed by atoms with Crippen LogP contribution in [0.5, 0.6) is 0 Å². The van der Waals surface area contributed by atoms with Crippen LogP contribution >= 0.6 is 0 Å². The van der Waals surface area contributed by atoms with E-state index < -0.39 is 0 Å². The smallest absolute Gasteiger partial charge is 0.0606 e. The van der Waals surface area contributed by atoms with Crippen molar-refractivity contribution in [3.8, 4) is 0 Å². The van der Waals surface area contributed by atoms with E-state index in [9.17, 15) is 0 Å². The Morgan fingerprint density at radius 1 is 1.33 bits per heavy atom. The van der Waals surface area contributed by atoms with E-state index in [1.165, 1.54) is 5.39 Å². The van der Waals surface area contributed by atoms with Gasteiger partial charge in [-0.3, -0.25) is 4.98 Å². The molecule has 77 valence electrons. The van der Waals surface area contributed by atoms with Crippen LogP contribution in [0, 0.1) is 13.0 Å². The summed E-state index contributed by atoms with van der Waals surface area (Å²) < 4.78 is 2.04. The third-order valence-corrected chi connectivity index (χ3v) is 2.38. The van der Waals surface area contributed by atoms with Crippen LogP contribution in [0.25, 0.3) is 16.4 Å². The van der Waals surface area contributed by atoms with Gasteiger partial charge >= 0.3 is 0 Å². The van der Waals surface area contributed by atoms with Crippen molar-refractivity contribution in [2.75, 3.05) is 0 Å². The van der Waals surface area contributed by atoms with Gasteiger partial charge in [-0.2, -0.15) is 0 Å². The first kappa shape index (κ1) is 10.3. The molecule has 2 aromatic heterocycles. The van der Waals surface area contributed by atoms with E-state index in [0.717, 1.165) is 16.7 Å². The molecule has 0 bridgehead atoms. The SMILES string of the molecule is Cc1cn2ccc3ccc[c-]c3c2n1.[Ir]. The Hall–Kier alpha value is -1.18. The van der Waals surface area contributed by atoms with Crippen LogP contribution in [0.15, 0.2) is 36.7 Å². The molecule has 0 aliphatic carbocycles. The number of aromatic nitrogens is 2. The van der Waals surface area contributed by atoms with E-state index >= 15 is 0 Å². The molecule has 3 heteroatoms. The van der Waals surface area contributed by atoms with Crippen molar-refractivity contribution in [1.29, 1.82) is 0 Å². The maximum absolute atomic E-state index is 4.47. The van der Waals surface area contributed by atoms with Gasteiger partial charge in [-0.1, -0.05) is 6.07 Å². The molecule has 0 amide bonds. The molecule has 0 spiro atoms. The van der Waals surface area contributed by atoms with Gasteiger partial charge in [-0.15, -0.1) is 35.0 Å². The van der Waals surface area contributed by atoms with Gasteiger partial charge in [0.2, 0.25) is 0 Å². The molecule has 0 aliphatic heterocycles. The van der Waals surface area contributed by atoms with Crippen molar-refractivity contribution < 1.29 is 20.1 Å². The van der Waals surface area contributed by atoms with Crippen LogP contribution in [0.1, 0.15) is 5.69 Å². The summed E-state index contributed by atoms with van der Waals surface area (Å²) in [6.45, 7) is 2.00. The van der Waals surface area contributed by atoms with Crippen LogP contribution in [-0.2, 0) is 20.1 Å². The van der Waals surface area contributed by atoms with E-state index in [2.05, 4.69) is 23.2 Å². The Morgan fingerprint density at radius 3 is 3.07 bits per heavy atom. The molecule has 0 atom stereocenters. The number of aryl methyl sites for hydroxylation is 1. The normalized spacial score (nSPS) is 10.5. The van der Waals surface area contributed by atoms with E-state index in [1.807, 2.05) is 35.9 Å². The van der Waals surface area contributed by atoms with Crippen LogP contribution in [-0.4, -0.2) is 9.38 Å². The van der Waals surface area contributed by atoms with Gasteiger partial charge in [-0.25, -0.2) is 0 Å². The molecule has 15 heavy (non-hydrogen) atoms. The Labute approximate surface area is 101 Å². The summed E-state index contributed by atoms with van der Waals surface area (Å²) >= 11 is 0. The predicted molar refractivity (Wildman–Crippen MR) is 56.3 cm³/mol. The minimum atomic E-state index is 0. The van der Waals surface area contributed by atoms with Gasteiger partial charge in [0.05, 0.1) is 5.65 Å². The largest absolute Gasteiger partial charge is 0.347 e. The standard InChI is InChI=1S/C12H9N2.Ir/c1-9-8-14-7-6-10-4-2-3-5-11(10)12(14)13-9;/h2-4,6-8H,1H3;/q-1;. The second-order valence-corrected chi connectivity index (χ2v) is 3.43. The number of pyridine rings is 1. The van der Waals surface area contributed by atoms with Gasteiger partial charge < -0.3 is 4.40 Å². The Morgan fingerprint density at radius 2 is 2.20 bits per heavy atom. The molecule has 0 N–H and O–H groups in total. The summed E-state index contributed by atoms with van der Waals surface area (Å²) in [6, 6.07) is 11.3. The second kappa shape index (κ2) is 3.76. The van der Waals surface area contributed by atoms with Gasteiger partial charge in [0.25, 0.3) is 0 Å². The number of hydrogen-bond acceptors (Lipinski definition) is 1. The first-order valence-corrected chi connectivity index (χ1v) is 4.59. The second-order valence-electron chi connectivity index (χ2n) is 3.43. The monoisotopic (exact) mass is 374 g/mol. The fraction of sp³-hybridized carbons (Fsp3) is 0.0833. The van der Waals surface area contributed by atoms with Crippen molar-refractivity contribution >= 4 is 16.4 Å². The minimum Gasteiger partial charge on any atom is -0.347 e.